The van der Waals surface area contributed by atoms with Crippen molar-refractivity contribution in [2.75, 3.05) is 6.54 Å². The largest absolute Gasteiger partial charge is 0.363 e. The minimum absolute atomic E-state index is 0.214. The maximum absolute atomic E-state index is 13.6. The van der Waals surface area contributed by atoms with Gasteiger partial charge in [0, 0.05) is 12.1 Å². The molecular formula is C36H59N5O6. The molecule has 3 rings (SSSR count). The van der Waals surface area contributed by atoms with Crippen LogP contribution in [-0.2, 0) is 19.2 Å². The average Bonchev–Trinajstić information content (AvgIpc) is 3.46. The van der Waals surface area contributed by atoms with E-state index in [1.807, 2.05) is 13.8 Å². The van der Waals surface area contributed by atoms with Crippen molar-refractivity contribution in [1.29, 1.82) is 0 Å². The zero-order valence-electron chi connectivity index (χ0n) is 30.1. The molecule has 1 aliphatic heterocycles. The molecule has 0 spiro atoms. The quantitative estimate of drug-likeness (QED) is 0.211. The van der Waals surface area contributed by atoms with Crippen LogP contribution in [0.5, 0.6) is 0 Å². The standard InChI is InChI=1S/C27H39N5O6.C5H10.C4H10/c1-15(2)19(21(34)17-11-8-7-9-12-17)30-26(38)31-22(27(4,5)6)25(37)32-14-10-13-18(32)24(36)29-16(3)20(33)23(28)35;1-5-3-2-4-5;1-4(2)3/h7-9,11-12,15-16,18-19,22H,10,13-14H2,1-6H3,(H2,28,35)(H,29,36)(H2,30,31,38);5H,2-4H2,1H3;4H,1-3H3. The Bertz CT molecular complexity index is 1200. The Morgan fingerprint density at radius 3 is 1.79 bits per heavy atom. The van der Waals surface area contributed by atoms with Gasteiger partial charge in [0.25, 0.3) is 5.91 Å². The lowest BCUT2D eigenvalue weighted by molar-refractivity contribution is -0.143. The number of urea groups is 1. The Labute approximate surface area is 281 Å². The molecule has 4 unspecified atom stereocenters. The molecule has 1 aromatic carbocycles. The SMILES string of the molecule is CC(C)C.CC(NC(=O)C1CCCN1C(=O)C(NC(=O)NC(C(=O)c1ccccc1)C(C)C)C(C)(C)C)C(=O)C(N)=O.CC1CCC1. The number of nitrogens with one attached hydrogen (secondary N) is 3. The highest BCUT2D eigenvalue weighted by Gasteiger charge is 2.42. The Kier molecular flexibility index (Phi) is 16.8. The normalized spacial score (nSPS) is 17.9. The molecule has 1 saturated carbocycles. The third kappa shape index (κ3) is 13.9. The summed E-state index contributed by atoms with van der Waals surface area (Å²) in [6, 6.07) is 4.12. The van der Waals surface area contributed by atoms with Crippen LogP contribution < -0.4 is 21.7 Å². The number of ketones is 2. The van der Waals surface area contributed by atoms with Gasteiger partial charge >= 0.3 is 6.03 Å². The molecule has 1 aliphatic carbocycles. The molecule has 0 aromatic heterocycles. The van der Waals surface area contributed by atoms with Crippen molar-refractivity contribution in [2.45, 2.75) is 126 Å². The molecule has 0 bridgehead atoms. The van der Waals surface area contributed by atoms with Crippen LogP contribution in [0, 0.1) is 23.2 Å². The monoisotopic (exact) mass is 657 g/mol. The first-order valence-corrected chi connectivity index (χ1v) is 16.9. The third-order valence-electron chi connectivity index (χ3n) is 7.91. The van der Waals surface area contributed by atoms with Crippen LogP contribution in [0.15, 0.2) is 30.3 Å². The van der Waals surface area contributed by atoms with Gasteiger partial charge in [-0.15, -0.1) is 0 Å². The van der Waals surface area contributed by atoms with E-state index in [1.165, 1.54) is 31.1 Å². The van der Waals surface area contributed by atoms with E-state index in [0.29, 0.717) is 18.4 Å². The Hall–Kier alpha value is -3.76. The molecule has 11 nitrogen and oxygen atoms in total. The van der Waals surface area contributed by atoms with Gasteiger partial charge in [-0.25, -0.2) is 4.79 Å². The minimum atomic E-state index is -1.16. The van der Waals surface area contributed by atoms with Crippen molar-refractivity contribution in [3.05, 3.63) is 35.9 Å². The topological polar surface area (TPSA) is 168 Å². The second-order valence-electron chi connectivity index (χ2n) is 14.8. The summed E-state index contributed by atoms with van der Waals surface area (Å²) in [6.07, 6.45) is 5.37. The number of carbonyl (C=O) groups is 6. The number of primary amides is 1. The number of likely N-dealkylation sites (tertiary alicyclic amines) is 1. The molecule has 1 saturated heterocycles. The first-order valence-electron chi connectivity index (χ1n) is 16.9. The van der Waals surface area contributed by atoms with Gasteiger partial charge in [-0.05, 0) is 42.9 Å². The second-order valence-corrected chi connectivity index (χ2v) is 14.8. The zero-order valence-corrected chi connectivity index (χ0v) is 30.1. The lowest BCUT2D eigenvalue weighted by atomic mass is 9.85. The highest BCUT2D eigenvalue weighted by molar-refractivity contribution is 6.37. The summed E-state index contributed by atoms with van der Waals surface area (Å²) >= 11 is 0. The number of hydrogen-bond donors (Lipinski definition) is 4. The van der Waals surface area contributed by atoms with E-state index in [4.69, 9.17) is 5.73 Å². The van der Waals surface area contributed by atoms with Crippen molar-refractivity contribution >= 4 is 35.3 Å². The summed E-state index contributed by atoms with van der Waals surface area (Å²) in [7, 11) is 0. The highest BCUT2D eigenvalue weighted by Crippen LogP contribution is 2.26. The third-order valence-corrected chi connectivity index (χ3v) is 7.91. The fourth-order valence-electron chi connectivity index (χ4n) is 4.95. The van der Waals surface area contributed by atoms with E-state index in [-0.39, 0.29) is 18.2 Å². The van der Waals surface area contributed by atoms with Crippen LogP contribution in [0.4, 0.5) is 4.79 Å². The van der Waals surface area contributed by atoms with Crippen molar-refractivity contribution in [3.8, 4) is 0 Å². The van der Waals surface area contributed by atoms with Crippen LogP contribution in [-0.4, -0.2) is 70.9 Å². The molecule has 47 heavy (non-hydrogen) atoms. The maximum atomic E-state index is 13.6. The van der Waals surface area contributed by atoms with Gasteiger partial charge in [0.1, 0.15) is 12.1 Å². The Morgan fingerprint density at radius 2 is 1.36 bits per heavy atom. The van der Waals surface area contributed by atoms with Gasteiger partial charge in [0.15, 0.2) is 5.78 Å². The maximum Gasteiger partial charge on any atom is 0.316 e. The molecular weight excluding hydrogens is 598 g/mol. The number of Topliss-reactive ketones (excluding diaryl/α,β-unsaturated/α-hetero) is 2. The van der Waals surface area contributed by atoms with Gasteiger partial charge in [-0.3, -0.25) is 24.0 Å². The number of rotatable bonds is 10. The first-order chi connectivity index (χ1) is 21.8. The van der Waals surface area contributed by atoms with Crippen molar-refractivity contribution in [2.24, 2.45) is 28.9 Å². The lowest BCUT2D eigenvalue weighted by Gasteiger charge is -2.36. The summed E-state index contributed by atoms with van der Waals surface area (Å²) in [6.45, 7) is 19.4. The molecule has 2 fully saturated rings. The van der Waals surface area contributed by atoms with Gasteiger partial charge in [-0.2, -0.15) is 0 Å². The number of benzene rings is 1. The zero-order chi connectivity index (χ0) is 36.1. The predicted octanol–water partition coefficient (Wildman–Crippen LogP) is 4.63. The Morgan fingerprint density at radius 1 is 0.830 bits per heavy atom. The second kappa shape index (κ2) is 19.2. The van der Waals surface area contributed by atoms with E-state index in [0.717, 1.165) is 11.8 Å². The highest BCUT2D eigenvalue weighted by atomic mass is 16.2. The molecule has 5 N–H and O–H groups in total. The predicted molar refractivity (Wildman–Crippen MR) is 184 cm³/mol. The van der Waals surface area contributed by atoms with Gasteiger partial charge in [-0.1, -0.05) is 112 Å². The molecule has 264 valence electrons. The van der Waals surface area contributed by atoms with Crippen LogP contribution in [0.3, 0.4) is 0 Å². The van der Waals surface area contributed by atoms with E-state index in [1.54, 1.807) is 51.1 Å². The van der Waals surface area contributed by atoms with Crippen LogP contribution in [0.1, 0.15) is 112 Å². The molecule has 5 amide bonds. The van der Waals surface area contributed by atoms with Crippen molar-refractivity contribution in [3.63, 3.8) is 0 Å². The number of hydrogen-bond acceptors (Lipinski definition) is 6. The smallest absolute Gasteiger partial charge is 0.316 e. The number of nitrogens with zero attached hydrogens (tertiary/aromatic N) is 1. The minimum Gasteiger partial charge on any atom is -0.363 e. The van der Waals surface area contributed by atoms with E-state index >= 15 is 0 Å². The van der Waals surface area contributed by atoms with E-state index in [2.05, 4.69) is 43.6 Å². The lowest BCUT2D eigenvalue weighted by Crippen LogP contribution is -2.61. The fourth-order valence-corrected chi connectivity index (χ4v) is 4.95. The molecule has 1 heterocycles. The fraction of sp³-hybridized carbons (Fsp3) is 0.667. The summed E-state index contributed by atoms with van der Waals surface area (Å²) in [5.74, 6) is -1.71. The molecule has 2 aliphatic rings. The van der Waals surface area contributed by atoms with Gasteiger partial charge < -0.3 is 26.6 Å². The summed E-state index contributed by atoms with van der Waals surface area (Å²) < 4.78 is 0. The van der Waals surface area contributed by atoms with Gasteiger partial charge in [0.2, 0.25) is 17.6 Å². The van der Waals surface area contributed by atoms with E-state index < -0.39 is 59.1 Å². The van der Waals surface area contributed by atoms with Crippen LogP contribution in [0.2, 0.25) is 0 Å². The van der Waals surface area contributed by atoms with Crippen LogP contribution in [0.25, 0.3) is 0 Å². The van der Waals surface area contributed by atoms with Crippen molar-refractivity contribution < 1.29 is 28.8 Å². The summed E-state index contributed by atoms with van der Waals surface area (Å²) in [5.41, 5.74) is 4.74. The molecule has 4 atom stereocenters. The van der Waals surface area contributed by atoms with E-state index in [9.17, 15) is 28.8 Å². The average molecular weight is 658 g/mol. The molecule has 0 radical (unpaired) electrons. The van der Waals surface area contributed by atoms with Crippen LogP contribution >= 0.6 is 0 Å². The molecule has 1 aromatic rings. The summed E-state index contributed by atoms with van der Waals surface area (Å²) in [5, 5.41) is 7.89. The number of nitrogens with two attached hydrogens (primary N) is 1. The molecule has 11 heteroatoms. The van der Waals surface area contributed by atoms with Gasteiger partial charge in [0.05, 0.1) is 12.1 Å². The first kappa shape index (κ1) is 41.3. The van der Waals surface area contributed by atoms with Crippen molar-refractivity contribution in [1.82, 2.24) is 20.9 Å². The summed E-state index contributed by atoms with van der Waals surface area (Å²) in [4.78, 5) is 76.9. The number of amides is 5. The number of carbonyl (C=O) groups excluding carboxylic acids is 6. The Balaban J connectivity index is 0.00000106.